The van der Waals surface area contributed by atoms with Crippen LogP contribution in [0.3, 0.4) is 0 Å². The number of aliphatic hydroxyl groups is 1. The van der Waals surface area contributed by atoms with Crippen molar-refractivity contribution in [2.45, 2.75) is 38.6 Å². The van der Waals surface area contributed by atoms with Gasteiger partial charge < -0.3 is 10.4 Å². The van der Waals surface area contributed by atoms with Crippen molar-refractivity contribution in [2.75, 3.05) is 6.61 Å². The van der Waals surface area contributed by atoms with Gasteiger partial charge in [-0.1, -0.05) is 30.3 Å². The van der Waals surface area contributed by atoms with E-state index in [1.165, 1.54) is 0 Å². The minimum Gasteiger partial charge on any atom is -0.396 e. The van der Waals surface area contributed by atoms with Crippen LogP contribution in [0.5, 0.6) is 0 Å². The SMILES string of the molecule is CC(CCCO)NC(=O)C(C)c1ccccc1. The van der Waals surface area contributed by atoms with E-state index >= 15 is 0 Å². The van der Waals surface area contributed by atoms with Gasteiger partial charge in [0.1, 0.15) is 0 Å². The molecular weight excluding hydrogens is 214 g/mol. The quantitative estimate of drug-likeness (QED) is 0.793. The maximum absolute atomic E-state index is 11.9. The fourth-order valence-electron chi connectivity index (χ4n) is 1.73. The Morgan fingerprint density at radius 3 is 2.53 bits per heavy atom. The standard InChI is InChI=1S/C14H21NO2/c1-11(7-6-10-16)15-14(17)12(2)13-8-4-3-5-9-13/h3-5,8-9,11-12,16H,6-7,10H2,1-2H3,(H,15,17). The summed E-state index contributed by atoms with van der Waals surface area (Å²) in [7, 11) is 0. The molecule has 0 spiro atoms. The van der Waals surface area contributed by atoms with E-state index in [1.54, 1.807) is 0 Å². The first-order chi connectivity index (χ1) is 8.15. The molecular formula is C14H21NO2. The van der Waals surface area contributed by atoms with E-state index in [4.69, 9.17) is 5.11 Å². The fraction of sp³-hybridized carbons (Fsp3) is 0.500. The highest BCUT2D eigenvalue weighted by Crippen LogP contribution is 2.14. The third kappa shape index (κ3) is 4.57. The lowest BCUT2D eigenvalue weighted by atomic mass is 10.00. The van der Waals surface area contributed by atoms with Crippen molar-refractivity contribution in [3.8, 4) is 0 Å². The van der Waals surface area contributed by atoms with Crippen molar-refractivity contribution in [2.24, 2.45) is 0 Å². The first-order valence-corrected chi connectivity index (χ1v) is 6.11. The van der Waals surface area contributed by atoms with Crippen molar-refractivity contribution in [1.82, 2.24) is 5.32 Å². The van der Waals surface area contributed by atoms with Gasteiger partial charge in [0.25, 0.3) is 0 Å². The summed E-state index contributed by atoms with van der Waals surface area (Å²) in [4.78, 5) is 11.9. The number of carbonyl (C=O) groups excluding carboxylic acids is 1. The van der Waals surface area contributed by atoms with Crippen molar-refractivity contribution in [3.05, 3.63) is 35.9 Å². The molecule has 0 aromatic heterocycles. The molecule has 1 amide bonds. The lowest BCUT2D eigenvalue weighted by Crippen LogP contribution is -2.35. The third-order valence-electron chi connectivity index (χ3n) is 2.88. The second-order valence-electron chi connectivity index (χ2n) is 4.41. The normalized spacial score (nSPS) is 14.1. The Hall–Kier alpha value is -1.35. The fourth-order valence-corrected chi connectivity index (χ4v) is 1.73. The average molecular weight is 235 g/mol. The summed E-state index contributed by atoms with van der Waals surface area (Å²) in [5.74, 6) is -0.0885. The predicted octanol–water partition coefficient (Wildman–Crippen LogP) is 2.07. The summed E-state index contributed by atoms with van der Waals surface area (Å²) in [5.41, 5.74) is 1.03. The largest absolute Gasteiger partial charge is 0.396 e. The van der Waals surface area contributed by atoms with E-state index in [2.05, 4.69) is 5.32 Å². The van der Waals surface area contributed by atoms with E-state index in [-0.39, 0.29) is 24.5 Å². The molecule has 0 bridgehead atoms. The second kappa shape index (κ2) is 7.07. The molecule has 2 N–H and O–H groups in total. The Balaban J connectivity index is 2.47. The van der Waals surface area contributed by atoms with E-state index in [0.29, 0.717) is 0 Å². The maximum atomic E-state index is 11.9. The van der Waals surface area contributed by atoms with Crippen LogP contribution in [0.15, 0.2) is 30.3 Å². The second-order valence-corrected chi connectivity index (χ2v) is 4.41. The smallest absolute Gasteiger partial charge is 0.227 e. The molecule has 1 rings (SSSR count). The van der Waals surface area contributed by atoms with Crippen LogP contribution in [0.4, 0.5) is 0 Å². The molecule has 2 atom stereocenters. The van der Waals surface area contributed by atoms with Gasteiger partial charge in [-0.05, 0) is 32.3 Å². The van der Waals surface area contributed by atoms with E-state index in [9.17, 15) is 4.79 Å². The van der Waals surface area contributed by atoms with Crippen LogP contribution in [0.1, 0.15) is 38.2 Å². The van der Waals surface area contributed by atoms with Gasteiger partial charge in [0.15, 0.2) is 0 Å². The molecule has 94 valence electrons. The summed E-state index contributed by atoms with van der Waals surface area (Å²) < 4.78 is 0. The number of nitrogens with one attached hydrogen (secondary N) is 1. The number of aliphatic hydroxyl groups excluding tert-OH is 1. The molecule has 0 radical (unpaired) electrons. The Labute approximate surface area is 103 Å². The summed E-state index contributed by atoms with van der Waals surface area (Å²) in [6, 6.07) is 9.85. The Morgan fingerprint density at radius 1 is 1.29 bits per heavy atom. The summed E-state index contributed by atoms with van der Waals surface area (Å²) in [6.07, 6.45) is 1.53. The van der Waals surface area contributed by atoms with Crippen LogP contribution < -0.4 is 5.32 Å². The minimum atomic E-state index is -0.132. The highest BCUT2D eigenvalue weighted by Gasteiger charge is 2.16. The zero-order valence-corrected chi connectivity index (χ0v) is 10.5. The molecule has 1 aromatic carbocycles. The first-order valence-electron chi connectivity index (χ1n) is 6.11. The Bertz CT molecular complexity index is 337. The molecule has 2 unspecified atom stereocenters. The number of hydrogen-bond acceptors (Lipinski definition) is 2. The average Bonchev–Trinajstić information content (AvgIpc) is 2.36. The highest BCUT2D eigenvalue weighted by molar-refractivity contribution is 5.83. The van der Waals surface area contributed by atoms with Crippen LogP contribution in [-0.2, 0) is 4.79 Å². The third-order valence-corrected chi connectivity index (χ3v) is 2.88. The zero-order valence-electron chi connectivity index (χ0n) is 10.5. The van der Waals surface area contributed by atoms with Gasteiger partial charge in [-0.15, -0.1) is 0 Å². The van der Waals surface area contributed by atoms with E-state index in [0.717, 1.165) is 18.4 Å². The lowest BCUT2D eigenvalue weighted by molar-refractivity contribution is -0.122. The van der Waals surface area contributed by atoms with Crippen LogP contribution in [0, 0.1) is 0 Å². The van der Waals surface area contributed by atoms with Gasteiger partial charge in [-0.3, -0.25) is 4.79 Å². The predicted molar refractivity (Wildman–Crippen MR) is 68.8 cm³/mol. The molecule has 0 aliphatic heterocycles. The van der Waals surface area contributed by atoms with Crippen molar-refractivity contribution >= 4 is 5.91 Å². The Kier molecular flexibility index (Phi) is 5.70. The molecule has 0 heterocycles. The molecule has 0 fully saturated rings. The van der Waals surface area contributed by atoms with Gasteiger partial charge in [-0.25, -0.2) is 0 Å². The summed E-state index contributed by atoms with van der Waals surface area (Å²) in [5, 5.41) is 11.7. The minimum absolute atomic E-state index is 0.0432. The van der Waals surface area contributed by atoms with Crippen LogP contribution >= 0.6 is 0 Å². The molecule has 3 heteroatoms. The van der Waals surface area contributed by atoms with Crippen LogP contribution in [0.2, 0.25) is 0 Å². The number of carbonyl (C=O) groups is 1. The number of amides is 1. The molecule has 0 aliphatic carbocycles. The summed E-state index contributed by atoms with van der Waals surface area (Å²) in [6.45, 7) is 4.04. The van der Waals surface area contributed by atoms with E-state index < -0.39 is 0 Å². The van der Waals surface area contributed by atoms with Crippen molar-refractivity contribution in [3.63, 3.8) is 0 Å². The zero-order chi connectivity index (χ0) is 12.7. The molecule has 17 heavy (non-hydrogen) atoms. The van der Waals surface area contributed by atoms with Crippen LogP contribution in [0.25, 0.3) is 0 Å². The first kappa shape index (κ1) is 13.7. The number of hydrogen-bond donors (Lipinski definition) is 2. The topological polar surface area (TPSA) is 49.3 Å². The Morgan fingerprint density at radius 2 is 1.94 bits per heavy atom. The van der Waals surface area contributed by atoms with Crippen molar-refractivity contribution < 1.29 is 9.90 Å². The lowest BCUT2D eigenvalue weighted by Gasteiger charge is -2.17. The molecule has 3 nitrogen and oxygen atoms in total. The van der Waals surface area contributed by atoms with Gasteiger partial charge >= 0.3 is 0 Å². The molecule has 1 aromatic rings. The summed E-state index contributed by atoms with van der Waals surface area (Å²) >= 11 is 0. The highest BCUT2D eigenvalue weighted by atomic mass is 16.2. The van der Waals surface area contributed by atoms with Gasteiger partial charge in [0.2, 0.25) is 5.91 Å². The van der Waals surface area contributed by atoms with Gasteiger partial charge in [0.05, 0.1) is 5.92 Å². The number of benzene rings is 1. The van der Waals surface area contributed by atoms with Crippen molar-refractivity contribution in [1.29, 1.82) is 0 Å². The molecule has 0 saturated carbocycles. The van der Waals surface area contributed by atoms with Gasteiger partial charge in [0, 0.05) is 12.6 Å². The number of rotatable bonds is 6. The van der Waals surface area contributed by atoms with E-state index in [1.807, 2.05) is 44.2 Å². The molecule has 0 saturated heterocycles. The van der Waals surface area contributed by atoms with Crippen LogP contribution in [-0.4, -0.2) is 23.7 Å². The van der Waals surface area contributed by atoms with Gasteiger partial charge in [-0.2, -0.15) is 0 Å². The molecule has 0 aliphatic rings. The maximum Gasteiger partial charge on any atom is 0.227 e. The monoisotopic (exact) mass is 235 g/mol.